The number of benzene rings is 2. The minimum Gasteiger partial charge on any atom is -0.388 e. The highest BCUT2D eigenvalue weighted by Gasteiger charge is 2.13. The number of aliphatic hydroxyl groups excluding tert-OH is 1. The van der Waals surface area contributed by atoms with Gasteiger partial charge in [-0.25, -0.2) is 4.98 Å². The van der Waals surface area contributed by atoms with E-state index in [9.17, 15) is 9.90 Å². The lowest BCUT2D eigenvalue weighted by Gasteiger charge is -2.11. The summed E-state index contributed by atoms with van der Waals surface area (Å²) in [5, 5.41) is 12.4. The van der Waals surface area contributed by atoms with Crippen molar-refractivity contribution in [2.75, 3.05) is 5.32 Å². The SMILES string of the molecule is CCC(C)c1ccc(NC(=O)Cn2c(CO)nc3ccccc32)cc1. The molecule has 0 saturated heterocycles. The second kappa shape index (κ2) is 7.49. The minimum atomic E-state index is -0.203. The van der Waals surface area contributed by atoms with Gasteiger partial charge < -0.3 is 15.0 Å². The average Bonchev–Trinajstić information content (AvgIpc) is 2.99. The number of fused-ring (bicyclic) bond motifs is 1. The van der Waals surface area contributed by atoms with Crippen molar-refractivity contribution in [3.63, 3.8) is 0 Å². The molecule has 130 valence electrons. The number of aromatic nitrogens is 2. The molecule has 1 amide bonds. The molecule has 1 aromatic heterocycles. The van der Waals surface area contributed by atoms with E-state index >= 15 is 0 Å². The van der Waals surface area contributed by atoms with Crippen LogP contribution >= 0.6 is 0 Å². The van der Waals surface area contributed by atoms with Gasteiger partial charge in [-0.2, -0.15) is 0 Å². The predicted octanol–water partition coefficient (Wildman–Crippen LogP) is 3.68. The van der Waals surface area contributed by atoms with Crippen LogP contribution in [-0.4, -0.2) is 20.6 Å². The van der Waals surface area contributed by atoms with Crippen LogP contribution in [0.3, 0.4) is 0 Å². The molecule has 3 rings (SSSR count). The maximum atomic E-state index is 12.4. The summed E-state index contributed by atoms with van der Waals surface area (Å²) >= 11 is 0. The fourth-order valence-electron chi connectivity index (χ4n) is 2.90. The molecule has 1 atom stereocenters. The summed E-state index contributed by atoms with van der Waals surface area (Å²) in [6.07, 6.45) is 1.09. The largest absolute Gasteiger partial charge is 0.388 e. The monoisotopic (exact) mass is 337 g/mol. The number of nitrogens with zero attached hydrogens (tertiary/aromatic N) is 2. The number of amides is 1. The van der Waals surface area contributed by atoms with Crippen LogP contribution < -0.4 is 5.32 Å². The topological polar surface area (TPSA) is 67.2 Å². The van der Waals surface area contributed by atoms with E-state index in [0.29, 0.717) is 11.7 Å². The second-order valence-electron chi connectivity index (χ2n) is 6.24. The third-order valence-corrected chi connectivity index (χ3v) is 4.55. The Kier molecular flexibility index (Phi) is 5.14. The highest BCUT2D eigenvalue weighted by molar-refractivity contribution is 5.91. The minimum absolute atomic E-state index is 0.115. The van der Waals surface area contributed by atoms with Crippen LogP contribution in [0.25, 0.3) is 11.0 Å². The number of anilines is 1. The van der Waals surface area contributed by atoms with E-state index in [1.54, 1.807) is 4.57 Å². The smallest absolute Gasteiger partial charge is 0.244 e. The zero-order chi connectivity index (χ0) is 17.8. The quantitative estimate of drug-likeness (QED) is 0.721. The van der Waals surface area contributed by atoms with Gasteiger partial charge in [0.05, 0.1) is 11.0 Å². The number of imidazole rings is 1. The van der Waals surface area contributed by atoms with Gasteiger partial charge in [0, 0.05) is 5.69 Å². The Morgan fingerprint density at radius 1 is 1.20 bits per heavy atom. The van der Waals surface area contributed by atoms with Gasteiger partial charge in [-0.15, -0.1) is 0 Å². The molecule has 0 aliphatic carbocycles. The van der Waals surface area contributed by atoms with Gasteiger partial charge in [0.2, 0.25) is 5.91 Å². The van der Waals surface area contributed by atoms with Gasteiger partial charge in [0.1, 0.15) is 19.0 Å². The first-order valence-electron chi connectivity index (χ1n) is 8.57. The van der Waals surface area contributed by atoms with Gasteiger partial charge in [0.25, 0.3) is 0 Å². The molecule has 1 heterocycles. The lowest BCUT2D eigenvalue weighted by atomic mass is 9.99. The Hall–Kier alpha value is -2.66. The summed E-state index contributed by atoms with van der Waals surface area (Å²) in [6.45, 7) is 4.26. The van der Waals surface area contributed by atoms with Crippen molar-refractivity contribution in [3.05, 3.63) is 59.9 Å². The van der Waals surface area contributed by atoms with E-state index in [1.165, 1.54) is 5.56 Å². The van der Waals surface area contributed by atoms with Crippen molar-refractivity contribution < 1.29 is 9.90 Å². The van der Waals surface area contributed by atoms with E-state index in [2.05, 4.69) is 36.3 Å². The summed E-state index contributed by atoms with van der Waals surface area (Å²) in [6, 6.07) is 15.5. The van der Waals surface area contributed by atoms with Crippen LogP contribution in [0.2, 0.25) is 0 Å². The van der Waals surface area contributed by atoms with Crippen molar-refractivity contribution in [1.82, 2.24) is 9.55 Å². The van der Waals surface area contributed by atoms with Crippen molar-refractivity contribution in [2.24, 2.45) is 0 Å². The number of carbonyl (C=O) groups excluding carboxylic acids is 1. The summed E-state index contributed by atoms with van der Waals surface area (Å²) in [4.78, 5) is 16.8. The number of carbonyl (C=O) groups is 1. The number of hydrogen-bond acceptors (Lipinski definition) is 3. The standard InChI is InChI=1S/C20H23N3O2/c1-3-14(2)15-8-10-16(11-9-15)21-20(25)12-23-18-7-5-4-6-17(18)22-19(23)13-24/h4-11,14,24H,3,12-13H2,1-2H3,(H,21,25). The molecule has 2 N–H and O–H groups in total. The Bertz CT molecular complexity index is 868. The molecule has 2 aromatic carbocycles. The molecule has 1 unspecified atom stereocenters. The van der Waals surface area contributed by atoms with Gasteiger partial charge >= 0.3 is 0 Å². The molecule has 3 aromatic rings. The number of rotatable bonds is 6. The molecule has 0 bridgehead atoms. The average molecular weight is 337 g/mol. The van der Waals surface area contributed by atoms with E-state index in [4.69, 9.17) is 0 Å². The van der Waals surface area contributed by atoms with Crippen molar-refractivity contribution in [2.45, 2.75) is 39.3 Å². The highest BCUT2D eigenvalue weighted by atomic mass is 16.3. The molecule has 0 saturated carbocycles. The second-order valence-corrected chi connectivity index (χ2v) is 6.24. The molecule has 5 heteroatoms. The van der Waals surface area contributed by atoms with Crippen LogP contribution in [0.15, 0.2) is 48.5 Å². The summed E-state index contributed by atoms with van der Waals surface area (Å²) in [7, 11) is 0. The van der Waals surface area contributed by atoms with Gasteiger partial charge in [0.15, 0.2) is 0 Å². The van der Waals surface area contributed by atoms with Gasteiger partial charge in [-0.1, -0.05) is 38.1 Å². The van der Waals surface area contributed by atoms with Crippen LogP contribution in [0, 0.1) is 0 Å². The zero-order valence-corrected chi connectivity index (χ0v) is 14.6. The normalized spacial score (nSPS) is 12.3. The van der Waals surface area contributed by atoms with Crippen molar-refractivity contribution in [3.8, 4) is 0 Å². The molecule has 0 radical (unpaired) electrons. The zero-order valence-electron chi connectivity index (χ0n) is 14.6. The number of para-hydroxylation sites is 2. The summed E-state index contributed by atoms with van der Waals surface area (Å²) in [5.74, 6) is 0.854. The van der Waals surface area contributed by atoms with Gasteiger partial charge in [-0.3, -0.25) is 4.79 Å². The number of hydrogen-bond donors (Lipinski definition) is 2. The fourth-order valence-corrected chi connectivity index (χ4v) is 2.90. The molecule has 0 aliphatic rings. The molecule has 5 nitrogen and oxygen atoms in total. The van der Waals surface area contributed by atoms with E-state index in [0.717, 1.165) is 23.1 Å². The molecular formula is C20H23N3O2. The van der Waals surface area contributed by atoms with E-state index in [-0.39, 0.29) is 19.1 Å². The molecule has 25 heavy (non-hydrogen) atoms. The number of nitrogens with one attached hydrogen (secondary N) is 1. The van der Waals surface area contributed by atoms with E-state index in [1.807, 2.05) is 36.4 Å². The fraction of sp³-hybridized carbons (Fsp3) is 0.300. The maximum absolute atomic E-state index is 12.4. The Labute approximate surface area is 147 Å². The first-order valence-corrected chi connectivity index (χ1v) is 8.57. The van der Waals surface area contributed by atoms with Gasteiger partial charge in [-0.05, 0) is 42.2 Å². The Morgan fingerprint density at radius 3 is 2.60 bits per heavy atom. The maximum Gasteiger partial charge on any atom is 0.244 e. The van der Waals surface area contributed by atoms with E-state index < -0.39 is 0 Å². The molecule has 0 fully saturated rings. The van der Waals surface area contributed by atoms with Crippen molar-refractivity contribution >= 4 is 22.6 Å². The Morgan fingerprint density at radius 2 is 1.92 bits per heavy atom. The summed E-state index contributed by atoms with van der Waals surface area (Å²) in [5.41, 5.74) is 3.65. The first-order chi connectivity index (χ1) is 12.1. The lowest BCUT2D eigenvalue weighted by Crippen LogP contribution is -2.20. The molecule has 0 aliphatic heterocycles. The van der Waals surface area contributed by atoms with Crippen LogP contribution in [-0.2, 0) is 17.9 Å². The summed E-state index contributed by atoms with van der Waals surface area (Å²) < 4.78 is 1.75. The highest BCUT2D eigenvalue weighted by Crippen LogP contribution is 2.21. The van der Waals surface area contributed by atoms with Crippen LogP contribution in [0.1, 0.15) is 37.6 Å². The third kappa shape index (κ3) is 3.72. The first kappa shape index (κ1) is 17.2. The van der Waals surface area contributed by atoms with Crippen LogP contribution in [0.5, 0.6) is 0 Å². The third-order valence-electron chi connectivity index (χ3n) is 4.55. The lowest BCUT2D eigenvalue weighted by molar-refractivity contribution is -0.116. The number of aliphatic hydroxyl groups is 1. The Balaban J connectivity index is 1.75. The molecule has 0 spiro atoms. The predicted molar refractivity (Wildman–Crippen MR) is 99.4 cm³/mol. The molecular weight excluding hydrogens is 314 g/mol. The van der Waals surface area contributed by atoms with Crippen LogP contribution in [0.4, 0.5) is 5.69 Å². The van der Waals surface area contributed by atoms with Crippen molar-refractivity contribution in [1.29, 1.82) is 0 Å².